The summed E-state index contributed by atoms with van der Waals surface area (Å²) in [6, 6.07) is 14.8. The van der Waals surface area contributed by atoms with Gasteiger partial charge in [0, 0.05) is 29.2 Å². The molecule has 0 saturated carbocycles. The fourth-order valence-electron chi connectivity index (χ4n) is 2.68. The predicted molar refractivity (Wildman–Crippen MR) is 108 cm³/mol. The molecule has 1 heterocycles. The highest BCUT2D eigenvalue weighted by atomic mass is 32.2. The standard InChI is InChI=1S/C19H21FN2S.C2H6/c1-15(16-9-3-4-10-17(16)20)21-18-11-5-6-12-19(18)23-22-13-7-2-8-14-22;1-2/h3-6,9-12,21H,1-2,7-8,13-14H2;1-2H3. The van der Waals surface area contributed by atoms with E-state index in [1.54, 1.807) is 24.1 Å². The molecule has 2 aromatic rings. The molecular formula is C21H27FN2S. The van der Waals surface area contributed by atoms with Crippen molar-refractivity contribution in [3.05, 3.63) is 66.5 Å². The van der Waals surface area contributed by atoms with Gasteiger partial charge in [0.1, 0.15) is 5.82 Å². The summed E-state index contributed by atoms with van der Waals surface area (Å²) < 4.78 is 16.3. The second-order valence-electron chi connectivity index (χ2n) is 5.66. The van der Waals surface area contributed by atoms with Crippen molar-refractivity contribution >= 4 is 23.3 Å². The van der Waals surface area contributed by atoms with E-state index in [-0.39, 0.29) is 5.82 Å². The van der Waals surface area contributed by atoms with Crippen LogP contribution >= 0.6 is 11.9 Å². The van der Waals surface area contributed by atoms with Gasteiger partial charge in [-0.3, -0.25) is 0 Å². The zero-order valence-electron chi connectivity index (χ0n) is 15.1. The highest BCUT2D eigenvalue weighted by Crippen LogP contribution is 2.33. The maximum absolute atomic E-state index is 13.9. The number of nitrogens with zero attached hydrogens (tertiary/aromatic N) is 1. The Balaban J connectivity index is 0.00000109. The zero-order valence-corrected chi connectivity index (χ0v) is 15.9. The summed E-state index contributed by atoms with van der Waals surface area (Å²) in [6.07, 6.45) is 3.83. The van der Waals surface area contributed by atoms with E-state index < -0.39 is 0 Å². The van der Waals surface area contributed by atoms with Gasteiger partial charge in [0.25, 0.3) is 0 Å². The summed E-state index contributed by atoms with van der Waals surface area (Å²) >= 11 is 1.77. The fraction of sp³-hybridized carbons (Fsp3) is 0.333. The van der Waals surface area contributed by atoms with E-state index in [9.17, 15) is 4.39 Å². The van der Waals surface area contributed by atoms with Crippen molar-refractivity contribution in [2.24, 2.45) is 0 Å². The van der Waals surface area contributed by atoms with Gasteiger partial charge in [0.2, 0.25) is 0 Å². The van der Waals surface area contributed by atoms with E-state index >= 15 is 0 Å². The van der Waals surface area contributed by atoms with Gasteiger partial charge in [-0.25, -0.2) is 8.70 Å². The largest absolute Gasteiger partial charge is 0.354 e. The molecule has 1 saturated heterocycles. The number of anilines is 1. The van der Waals surface area contributed by atoms with Gasteiger partial charge in [-0.05, 0) is 49.1 Å². The lowest BCUT2D eigenvalue weighted by atomic mass is 10.1. The number of hydrogen-bond donors (Lipinski definition) is 1. The quantitative estimate of drug-likeness (QED) is 0.620. The lowest BCUT2D eigenvalue weighted by molar-refractivity contribution is 0.380. The van der Waals surface area contributed by atoms with Crippen LogP contribution in [0.5, 0.6) is 0 Å². The first-order chi connectivity index (χ1) is 12.2. The van der Waals surface area contributed by atoms with Gasteiger partial charge in [-0.1, -0.05) is 51.1 Å². The van der Waals surface area contributed by atoms with Crippen molar-refractivity contribution < 1.29 is 4.39 Å². The molecule has 1 fully saturated rings. The van der Waals surface area contributed by atoms with Crippen LogP contribution in [0.3, 0.4) is 0 Å². The summed E-state index contributed by atoms with van der Waals surface area (Å²) in [5.74, 6) is -0.258. The van der Waals surface area contributed by atoms with E-state index in [4.69, 9.17) is 0 Å². The van der Waals surface area contributed by atoms with Crippen molar-refractivity contribution in [2.45, 2.75) is 38.0 Å². The summed E-state index contributed by atoms with van der Waals surface area (Å²) in [7, 11) is 0. The Morgan fingerprint density at radius 2 is 1.64 bits per heavy atom. The monoisotopic (exact) mass is 358 g/mol. The minimum Gasteiger partial charge on any atom is -0.354 e. The Bertz CT molecular complexity index is 681. The second-order valence-corrected chi connectivity index (χ2v) is 6.80. The maximum atomic E-state index is 13.9. The van der Waals surface area contributed by atoms with E-state index in [2.05, 4.69) is 22.3 Å². The molecule has 0 spiro atoms. The van der Waals surface area contributed by atoms with Crippen molar-refractivity contribution in [3.63, 3.8) is 0 Å². The smallest absolute Gasteiger partial charge is 0.132 e. The predicted octanol–water partition coefficient (Wildman–Crippen LogP) is 6.43. The third-order valence-electron chi connectivity index (χ3n) is 3.91. The Morgan fingerprint density at radius 1 is 1.00 bits per heavy atom. The number of piperidine rings is 1. The highest BCUT2D eigenvalue weighted by Gasteiger charge is 2.14. The summed E-state index contributed by atoms with van der Waals surface area (Å²) in [4.78, 5) is 1.15. The molecule has 2 aromatic carbocycles. The molecule has 0 atom stereocenters. The molecule has 1 aliphatic heterocycles. The Morgan fingerprint density at radius 3 is 2.36 bits per heavy atom. The molecule has 1 aliphatic rings. The van der Waals surface area contributed by atoms with Crippen molar-refractivity contribution in [1.29, 1.82) is 0 Å². The molecular weight excluding hydrogens is 331 g/mol. The summed E-state index contributed by atoms with van der Waals surface area (Å²) in [5, 5.41) is 3.28. The van der Waals surface area contributed by atoms with E-state index in [0.717, 1.165) is 23.7 Å². The molecule has 0 unspecified atom stereocenters. The SMILES string of the molecule is C=C(Nc1ccccc1SN1CCCCC1)c1ccccc1F.CC. The maximum Gasteiger partial charge on any atom is 0.132 e. The second kappa shape index (κ2) is 10.3. The molecule has 4 heteroatoms. The molecule has 0 bridgehead atoms. The van der Waals surface area contributed by atoms with E-state index in [1.165, 1.54) is 25.3 Å². The summed E-state index contributed by atoms with van der Waals surface area (Å²) in [6.45, 7) is 10.2. The molecule has 1 N–H and O–H groups in total. The van der Waals surface area contributed by atoms with Crippen LogP contribution < -0.4 is 5.32 Å². The van der Waals surface area contributed by atoms with Gasteiger partial charge in [0.05, 0.1) is 5.69 Å². The number of hydrogen-bond acceptors (Lipinski definition) is 3. The van der Waals surface area contributed by atoms with Gasteiger partial charge >= 0.3 is 0 Å². The number of benzene rings is 2. The van der Waals surface area contributed by atoms with Gasteiger partial charge in [-0.15, -0.1) is 0 Å². The molecule has 0 amide bonds. The minimum absolute atomic E-state index is 0.258. The van der Waals surface area contributed by atoms with Crippen LogP contribution in [-0.2, 0) is 0 Å². The third kappa shape index (κ3) is 5.62. The van der Waals surface area contributed by atoms with Crippen molar-refractivity contribution in [1.82, 2.24) is 4.31 Å². The molecule has 25 heavy (non-hydrogen) atoms. The third-order valence-corrected chi connectivity index (χ3v) is 5.09. The van der Waals surface area contributed by atoms with Crippen LogP contribution in [0.1, 0.15) is 38.7 Å². The number of nitrogens with one attached hydrogen (secondary N) is 1. The lowest BCUT2D eigenvalue weighted by Crippen LogP contribution is -2.22. The zero-order chi connectivity index (χ0) is 18.1. The van der Waals surface area contributed by atoms with Crippen molar-refractivity contribution in [3.8, 4) is 0 Å². The molecule has 0 aromatic heterocycles. The van der Waals surface area contributed by atoms with Crippen molar-refractivity contribution in [2.75, 3.05) is 18.4 Å². The molecule has 134 valence electrons. The first-order valence-electron chi connectivity index (χ1n) is 8.97. The lowest BCUT2D eigenvalue weighted by Gasteiger charge is -2.26. The van der Waals surface area contributed by atoms with E-state index in [1.807, 2.05) is 38.1 Å². The van der Waals surface area contributed by atoms with Crippen LogP contribution in [0.25, 0.3) is 5.70 Å². The molecule has 2 nitrogen and oxygen atoms in total. The van der Waals surface area contributed by atoms with Crippen LogP contribution in [0.2, 0.25) is 0 Å². The van der Waals surface area contributed by atoms with Gasteiger partial charge in [0.15, 0.2) is 0 Å². The van der Waals surface area contributed by atoms with Crippen LogP contribution in [0, 0.1) is 5.82 Å². The summed E-state index contributed by atoms with van der Waals surface area (Å²) in [5.41, 5.74) is 2.05. The normalized spacial score (nSPS) is 14.4. The van der Waals surface area contributed by atoms with Gasteiger partial charge in [-0.2, -0.15) is 0 Å². The fourth-order valence-corrected chi connectivity index (χ4v) is 3.76. The van der Waals surface area contributed by atoms with Crippen LogP contribution in [0.15, 0.2) is 60.0 Å². The number of halogens is 1. The highest BCUT2D eigenvalue weighted by molar-refractivity contribution is 7.97. The number of rotatable bonds is 5. The van der Waals surface area contributed by atoms with Crippen LogP contribution in [0.4, 0.5) is 10.1 Å². The Hall–Kier alpha value is -1.78. The minimum atomic E-state index is -0.258. The Labute approximate surface area is 155 Å². The first-order valence-corrected chi connectivity index (χ1v) is 9.74. The van der Waals surface area contributed by atoms with Crippen LogP contribution in [-0.4, -0.2) is 17.4 Å². The average molecular weight is 359 g/mol. The average Bonchev–Trinajstić information content (AvgIpc) is 2.66. The number of para-hydroxylation sites is 1. The Kier molecular flexibility index (Phi) is 8.02. The molecule has 0 radical (unpaired) electrons. The van der Waals surface area contributed by atoms with E-state index in [0.29, 0.717) is 11.3 Å². The topological polar surface area (TPSA) is 15.3 Å². The molecule has 0 aliphatic carbocycles. The molecule has 3 rings (SSSR count). The first kappa shape index (κ1) is 19.5. The van der Waals surface area contributed by atoms with Gasteiger partial charge < -0.3 is 5.32 Å².